The Bertz CT molecular complexity index is 676. The number of carbonyl (C=O) groups excluding carboxylic acids is 3. The molecule has 3 amide bonds. The third-order valence-corrected chi connectivity index (χ3v) is 5.98. The number of hydrogen-bond acceptors (Lipinski definition) is 3. The molecule has 6 heteroatoms. The largest absolute Gasteiger partial charge is 0.355 e. The van der Waals surface area contributed by atoms with E-state index in [4.69, 9.17) is 0 Å². The van der Waals surface area contributed by atoms with Crippen molar-refractivity contribution in [1.82, 2.24) is 15.1 Å². The van der Waals surface area contributed by atoms with Crippen LogP contribution in [-0.2, 0) is 20.8 Å². The fourth-order valence-corrected chi connectivity index (χ4v) is 4.24. The van der Waals surface area contributed by atoms with Gasteiger partial charge in [0.15, 0.2) is 0 Å². The van der Waals surface area contributed by atoms with Crippen LogP contribution in [0, 0.1) is 5.92 Å². The van der Waals surface area contributed by atoms with E-state index in [-0.39, 0.29) is 23.6 Å². The third kappa shape index (κ3) is 6.58. The Balaban J connectivity index is 1.34. The lowest BCUT2D eigenvalue weighted by Gasteiger charge is -2.34. The van der Waals surface area contributed by atoms with Crippen molar-refractivity contribution in [2.24, 2.45) is 5.92 Å². The highest BCUT2D eigenvalue weighted by molar-refractivity contribution is 5.81. The minimum Gasteiger partial charge on any atom is -0.355 e. The summed E-state index contributed by atoms with van der Waals surface area (Å²) in [5, 5.41) is 2.83. The average Bonchev–Trinajstić information content (AvgIpc) is 3.03. The quantitative estimate of drug-likeness (QED) is 0.798. The molecule has 0 saturated carbocycles. The molecule has 3 rings (SSSR count). The van der Waals surface area contributed by atoms with Gasteiger partial charge < -0.3 is 15.1 Å². The first-order valence-electron chi connectivity index (χ1n) is 11.0. The highest BCUT2D eigenvalue weighted by Gasteiger charge is 2.30. The maximum Gasteiger partial charge on any atom is 0.225 e. The predicted molar refractivity (Wildman–Crippen MR) is 112 cm³/mol. The SMILES string of the molecule is O=C(Cc1ccccc1)NCCC(=O)N1CCC(C(=O)N2CCCCCC2)CC1. The molecule has 0 aliphatic carbocycles. The van der Waals surface area contributed by atoms with Gasteiger partial charge in [-0.1, -0.05) is 43.2 Å². The highest BCUT2D eigenvalue weighted by atomic mass is 16.2. The van der Waals surface area contributed by atoms with Crippen molar-refractivity contribution in [3.8, 4) is 0 Å². The lowest BCUT2D eigenvalue weighted by Crippen LogP contribution is -2.45. The summed E-state index contributed by atoms with van der Waals surface area (Å²) in [6.07, 6.45) is 6.81. The van der Waals surface area contributed by atoms with Gasteiger partial charge in [0.25, 0.3) is 0 Å². The number of nitrogens with one attached hydrogen (secondary N) is 1. The highest BCUT2D eigenvalue weighted by Crippen LogP contribution is 2.22. The van der Waals surface area contributed by atoms with Crippen LogP contribution in [-0.4, -0.2) is 60.2 Å². The number of amides is 3. The molecule has 6 nitrogen and oxygen atoms in total. The number of hydrogen-bond donors (Lipinski definition) is 1. The van der Waals surface area contributed by atoms with Crippen molar-refractivity contribution in [3.05, 3.63) is 35.9 Å². The van der Waals surface area contributed by atoms with Gasteiger partial charge in [-0.2, -0.15) is 0 Å². The van der Waals surface area contributed by atoms with E-state index in [1.54, 1.807) is 0 Å². The summed E-state index contributed by atoms with van der Waals surface area (Å²) >= 11 is 0. The molecule has 2 aliphatic rings. The fraction of sp³-hybridized carbons (Fsp3) is 0.609. The Labute approximate surface area is 173 Å². The molecular weight excluding hydrogens is 366 g/mol. The van der Waals surface area contributed by atoms with Crippen LogP contribution in [0.1, 0.15) is 50.5 Å². The standard InChI is InChI=1S/C23H33N3O3/c27-21(18-19-8-4-3-5-9-19)24-13-10-22(28)25-16-11-20(12-17-25)23(29)26-14-6-1-2-7-15-26/h3-5,8-9,20H,1-2,6-7,10-18H2,(H,24,27). The summed E-state index contributed by atoms with van der Waals surface area (Å²) in [6.45, 7) is 3.42. The Morgan fingerprint density at radius 3 is 2.17 bits per heavy atom. The van der Waals surface area contributed by atoms with Crippen molar-refractivity contribution in [3.63, 3.8) is 0 Å². The second-order valence-electron chi connectivity index (χ2n) is 8.16. The van der Waals surface area contributed by atoms with Crippen LogP contribution < -0.4 is 5.32 Å². The summed E-state index contributed by atoms with van der Waals surface area (Å²) in [7, 11) is 0. The zero-order valence-electron chi connectivity index (χ0n) is 17.3. The van der Waals surface area contributed by atoms with Crippen LogP contribution >= 0.6 is 0 Å². The van der Waals surface area contributed by atoms with Crippen LogP contribution in [0.3, 0.4) is 0 Å². The lowest BCUT2D eigenvalue weighted by molar-refractivity contribution is -0.140. The first kappa shape index (κ1) is 21.3. The maximum absolute atomic E-state index is 12.8. The van der Waals surface area contributed by atoms with Gasteiger partial charge >= 0.3 is 0 Å². The zero-order valence-corrected chi connectivity index (χ0v) is 17.3. The van der Waals surface area contributed by atoms with Crippen LogP contribution in [0.5, 0.6) is 0 Å². The fourth-order valence-electron chi connectivity index (χ4n) is 4.24. The van der Waals surface area contributed by atoms with Crippen molar-refractivity contribution in [1.29, 1.82) is 0 Å². The normalized spacial score (nSPS) is 18.2. The van der Waals surface area contributed by atoms with E-state index in [2.05, 4.69) is 5.32 Å². The number of rotatable bonds is 6. The molecule has 0 bridgehead atoms. The molecule has 1 aromatic carbocycles. The monoisotopic (exact) mass is 399 g/mol. The molecule has 2 heterocycles. The van der Waals surface area contributed by atoms with Gasteiger partial charge in [-0.05, 0) is 31.2 Å². The lowest BCUT2D eigenvalue weighted by atomic mass is 9.95. The van der Waals surface area contributed by atoms with Crippen LogP contribution in [0.15, 0.2) is 30.3 Å². The summed E-state index contributed by atoms with van der Waals surface area (Å²) in [5.74, 6) is 0.339. The van der Waals surface area contributed by atoms with Gasteiger partial charge in [0.1, 0.15) is 0 Å². The zero-order chi connectivity index (χ0) is 20.5. The first-order valence-corrected chi connectivity index (χ1v) is 11.0. The molecule has 0 aromatic heterocycles. The van der Waals surface area contributed by atoms with Gasteiger partial charge in [0, 0.05) is 45.1 Å². The van der Waals surface area contributed by atoms with Gasteiger partial charge in [0.05, 0.1) is 6.42 Å². The van der Waals surface area contributed by atoms with Crippen LogP contribution in [0.4, 0.5) is 0 Å². The van der Waals surface area contributed by atoms with Crippen LogP contribution in [0.2, 0.25) is 0 Å². The van der Waals surface area contributed by atoms with E-state index in [1.165, 1.54) is 12.8 Å². The summed E-state index contributed by atoms with van der Waals surface area (Å²) in [6, 6.07) is 9.58. The Kier molecular flexibility index (Phi) is 8.08. The van der Waals surface area contributed by atoms with Gasteiger partial charge in [-0.3, -0.25) is 14.4 Å². The molecule has 29 heavy (non-hydrogen) atoms. The number of nitrogens with zero attached hydrogens (tertiary/aromatic N) is 2. The molecule has 1 N–H and O–H groups in total. The van der Waals surface area contributed by atoms with Crippen molar-refractivity contribution >= 4 is 17.7 Å². The molecule has 158 valence electrons. The van der Waals surface area contributed by atoms with Gasteiger partial charge in [-0.25, -0.2) is 0 Å². The van der Waals surface area contributed by atoms with Crippen LogP contribution in [0.25, 0.3) is 0 Å². The molecule has 1 aromatic rings. The molecule has 2 aliphatic heterocycles. The summed E-state index contributed by atoms with van der Waals surface area (Å²) in [5.41, 5.74) is 0.965. The summed E-state index contributed by atoms with van der Waals surface area (Å²) < 4.78 is 0. The smallest absolute Gasteiger partial charge is 0.225 e. The molecule has 2 fully saturated rings. The van der Waals surface area contributed by atoms with Crippen molar-refractivity contribution < 1.29 is 14.4 Å². The minimum absolute atomic E-state index is 0.0581. The minimum atomic E-state index is -0.0641. The van der Waals surface area contributed by atoms with E-state index in [1.807, 2.05) is 40.1 Å². The van der Waals surface area contributed by atoms with Crippen molar-refractivity contribution in [2.45, 2.75) is 51.4 Å². The second-order valence-corrected chi connectivity index (χ2v) is 8.16. The summed E-state index contributed by atoms with van der Waals surface area (Å²) in [4.78, 5) is 41.1. The number of carbonyl (C=O) groups is 3. The first-order chi connectivity index (χ1) is 14.1. The molecule has 0 spiro atoms. The second kappa shape index (κ2) is 11.0. The van der Waals surface area contributed by atoms with Gasteiger partial charge in [-0.15, -0.1) is 0 Å². The third-order valence-electron chi connectivity index (χ3n) is 5.98. The molecule has 0 unspecified atom stereocenters. The molecule has 0 radical (unpaired) electrons. The average molecular weight is 400 g/mol. The van der Waals surface area contributed by atoms with Gasteiger partial charge in [0.2, 0.25) is 17.7 Å². The van der Waals surface area contributed by atoms with E-state index in [0.29, 0.717) is 32.5 Å². The Morgan fingerprint density at radius 2 is 1.52 bits per heavy atom. The Hall–Kier alpha value is -2.37. The molecule has 0 atom stereocenters. The van der Waals surface area contributed by atoms with E-state index >= 15 is 0 Å². The van der Waals surface area contributed by atoms with Crippen molar-refractivity contribution in [2.75, 3.05) is 32.7 Å². The molecular formula is C23H33N3O3. The van der Waals surface area contributed by atoms with E-state index in [9.17, 15) is 14.4 Å². The topological polar surface area (TPSA) is 69.7 Å². The molecule has 2 saturated heterocycles. The van der Waals surface area contributed by atoms with E-state index in [0.717, 1.165) is 44.3 Å². The number of benzene rings is 1. The predicted octanol–water partition coefficient (Wildman–Crippen LogP) is 2.38. The van der Waals surface area contributed by atoms with E-state index < -0.39 is 0 Å². The number of likely N-dealkylation sites (tertiary alicyclic amines) is 2. The Morgan fingerprint density at radius 1 is 0.862 bits per heavy atom. The number of piperidine rings is 1. The maximum atomic E-state index is 12.8.